The summed E-state index contributed by atoms with van der Waals surface area (Å²) in [5, 5.41) is 16.0. The van der Waals surface area contributed by atoms with Gasteiger partial charge in [0.05, 0.1) is 25.0 Å². The number of hydrogen-bond donors (Lipinski definition) is 2. The molecule has 1 rings (SSSR count). The summed E-state index contributed by atoms with van der Waals surface area (Å²) >= 11 is 5.96. The van der Waals surface area contributed by atoms with Gasteiger partial charge in [0.2, 0.25) is 0 Å². The molecular formula is C12H20ClN3O2. The maximum Gasteiger partial charge on any atom is 0.287 e. The van der Waals surface area contributed by atoms with Crippen LogP contribution in [0, 0.1) is 0 Å². The predicted molar refractivity (Wildman–Crippen MR) is 73.2 cm³/mol. The van der Waals surface area contributed by atoms with E-state index in [1.54, 1.807) is 0 Å². The highest BCUT2D eigenvalue weighted by atomic mass is 35.5. The van der Waals surface area contributed by atoms with Crippen LogP contribution in [0.3, 0.4) is 0 Å². The molecule has 0 aromatic carbocycles. The summed E-state index contributed by atoms with van der Waals surface area (Å²) in [7, 11) is 0. The average Bonchev–Trinajstić information content (AvgIpc) is 2.37. The molecule has 0 unspecified atom stereocenters. The Morgan fingerprint density at radius 1 is 1.44 bits per heavy atom. The minimum Gasteiger partial charge on any atom is -0.394 e. The lowest BCUT2D eigenvalue weighted by atomic mass is 10.2. The number of nitrogens with one attached hydrogen (secondary N) is 1. The first-order chi connectivity index (χ1) is 8.70. The molecule has 1 aromatic rings. The van der Waals surface area contributed by atoms with Crippen molar-refractivity contribution < 1.29 is 5.11 Å². The van der Waals surface area contributed by atoms with E-state index in [9.17, 15) is 4.79 Å². The normalized spacial score (nSPS) is 10.6. The lowest BCUT2D eigenvalue weighted by Gasteiger charge is -2.09. The molecule has 5 nitrogen and oxygen atoms in total. The molecular weight excluding hydrogens is 254 g/mol. The van der Waals surface area contributed by atoms with Gasteiger partial charge in [0.25, 0.3) is 5.56 Å². The fourth-order valence-electron chi connectivity index (χ4n) is 1.62. The molecule has 1 aromatic heterocycles. The van der Waals surface area contributed by atoms with Crippen LogP contribution in [-0.4, -0.2) is 28.0 Å². The minimum atomic E-state index is -0.371. The van der Waals surface area contributed by atoms with Crippen LogP contribution in [0.15, 0.2) is 11.0 Å². The van der Waals surface area contributed by atoms with Gasteiger partial charge in [0.15, 0.2) is 0 Å². The summed E-state index contributed by atoms with van der Waals surface area (Å²) in [6.45, 7) is 2.97. The van der Waals surface area contributed by atoms with Gasteiger partial charge < -0.3 is 10.4 Å². The van der Waals surface area contributed by atoms with Crippen molar-refractivity contribution in [3.63, 3.8) is 0 Å². The van der Waals surface area contributed by atoms with Crippen molar-refractivity contribution in [3.8, 4) is 0 Å². The molecule has 0 spiro atoms. The third kappa shape index (κ3) is 4.31. The number of aliphatic hydroxyl groups excluding tert-OH is 1. The zero-order valence-corrected chi connectivity index (χ0v) is 11.4. The quantitative estimate of drug-likeness (QED) is 0.710. The third-order valence-electron chi connectivity index (χ3n) is 2.64. The molecule has 0 radical (unpaired) electrons. The molecule has 2 N–H and O–H groups in total. The van der Waals surface area contributed by atoms with Gasteiger partial charge in [-0.15, -0.1) is 0 Å². The van der Waals surface area contributed by atoms with E-state index in [-0.39, 0.29) is 23.7 Å². The van der Waals surface area contributed by atoms with Crippen molar-refractivity contribution >= 4 is 17.3 Å². The Bertz CT molecular complexity index is 420. The first kappa shape index (κ1) is 15.0. The summed E-state index contributed by atoms with van der Waals surface area (Å²) in [4.78, 5) is 11.7. The van der Waals surface area contributed by atoms with Crippen LogP contribution in [-0.2, 0) is 6.54 Å². The van der Waals surface area contributed by atoms with Gasteiger partial charge in [0.1, 0.15) is 5.02 Å². The molecule has 1 heterocycles. The van der Waals surface area contributed by atoms with Gasteiger partial charge in [-0.1, -0.05) is 37.8 Å². The maximum atomic E-state index is 11.7. The van der Waals surface area contributed by atoms with Crippen LogP contribution < -0.4 is 10.9 Å². The number of aromatic nitrogens is 2. The maximum absolute atomic E-state index is 11.7. The summed E-state index contributed by atoms with van der Waals surface area (Å²) in [6.07, 6.45) is 6.14. The molecule has 0 bridgehead atoms. The molecule has 0 amide bonds. The Morgan fingerprint density at radius 3 is 2.89 bits per heavy atom. The number of hydrogen-bond acceptors (Lipinski definition) is 4. The molecule has 0 atom stereocenters. The molecule has 0 fully saturated rings. The highest BCUT2D eigenvalue weighted by Crippen LogP contribution is 2.15. The zero-order valence-electron chi connectivity index (χ0n) is 10.7. The fraction of sp³-hybridized carbons (Fsp3) is 0.667. The summed E-state index contributed by atoms with van der Waals surface area (Å²) in [5.74, 6) is 0. The van der Waals surface area contributed by atoms with Gasteiger partial charge >= 0.3 is 0 Å². The molecule has 6 heteroatoms. The first-order valence-electron chi connectivity index (χ1n) is 6.31. The van der Waals surface area contributed by atoms with Crippen LogP contribution in [0.25, 0.3) is 0 Å². The van der Waals surface area contributed by atoms with Crippen LogP contribution >= 0.6 is 11.6 Å². The van der Waals surface area contributed by atoms with Gasteiger partial charge in [-0.3, -0.25) is 4.79 Å². The number of unbranched alkanes of at least 4 members (excludes halogenated alkanes) is 3. The van der Waals surface area contributed by atoms with Crippen LogP contribution in [0.5, 0.6) is 0 Å². The third-order valence-corrected chi connectivity index (χ3v) is 3.01. The van der Waals surface area contributed by atoms with E-state index in [2.05, 4.69) is 17.3 Å². The van der Waals surface area contributed by atoms with Crippen molar-refractivity contribution in [1.29, 1.82) is 0 Å². The molecule has 0 saturated heterocycles. The van der Waals surface area contributed by atoms with E-state index in [1.807, 2.05) is 0 Å². The van der Waals surface area contributed by atoms with E-state index >= 15 is 0 Å². The molecule has 0 saturated carbocycles. The largest absolute Gasteiger partial charge is 0.394 e. The summed E-state index contributed by atoms with van der Waals surface area (Å²) in [5.41, 5.74) is 0.191. The molecule has 102 valence electrons. The van der Waals surface area contributed by atoms with E-state index in [1.165, 1.54) is 19.0 Å². The van der Waals surface area contributed by atoms with E-state index in [0.29, 0.717) is 5.69 Å². The monoisotopic (exact) mass is 273 g/mol. The average molecular weight is 274 g/mol. The van der Waals surface area contributed by atoms with Crippen LogP contribution in [0.1, 0.15) is 32.6 Å². The topological polar surface area (TPSA) is 67.2 Å². The van der Waals surface area contributed by atoms with Crippen molar-refractivity contribution in [3.05, 3.63) is 21.6 Å². The molecule has 18 heavy (non-hydrogen) atoms. The Balaban J connectivity index is 2.57. The fourth-order valence-corrected chi connectivity index (χ4v) is 1.83. The van der Waals surface area contributed by atoms with Crippen molar-refractivity contribution in [2.45, 2.75) is 39.2 Å². The SMILES string of the molecule is CCCCCCNc1cnn(CCO)c(=O)c1Cl. The van der Waals surface area contributed by atoms with Gasteiger partial charge in [-0.25, -0.2) is 4.68 Å². The second-order valence-corrected chi connectivity index (χ2v) is 4.49. The van der Waals surface area contributed by atoms with Crippen molar-refractivity contribution in [1.82, 2.24) is 9.78 Å². The lowest BCUT2D eigenvalue weighted by molar-refractivity contribution is 0.266. The van der Waals surface area contributed by atoms with Crippen LogP contribution in [0.4, 0.5) is 5.69 Å². The van der Waals surface area contributed by atoms with E-state index < -0.39 is 0 Å². The highest BCUT2D eigenvalue weighted by molar-refractivity contribution is 6.32. The summed E-state index contributed by atoms with van der Waals surface area (Å²) in [6, 6.07) is 0. The highest BCUT2D eigenvalue weighted by Gasteiger charge is 2.08. The number of aliphatic hydroxyl groups is 1. The number of anilines is 1. The Kier molecular flexibility index (Phi) is 6.75. The van der Waals surface area contributed by atoms with Crippen molar-refractivity contribution in [2.24, 2.45) is 0 Å². The second kappa shape index (κ2) is 8.11. The van der Waals surface area contributed by atoms with Crippen molar-refractivity contribution in [2.75, 3.05) is 18.5 Å². The molecule has 0 aliphatic carbocycles. The Hall–Kier alpha value is -1.07. The zero-order chi connectivity index (χ0) is 13.4. The van der Waals surface area contributed by atoms with Gasteiger partial charge in [-0.2, -0.15) is 5.10 Å². The van der Waals surface area contributed by atoms with E-state index in [0.717, 1.165) is 24.1 Å². The second-order valence-electron chi connectivity index (χ2n) is 4.11. The summed E-state index contributed by atoms with van der Waals surface area (Å²) < 4.78 is 1.16. The standard InChI is InChI=1S/C12H20ClN3O2/c1-2-3-4-5-6-14-10-9-15-16(7-8-17)12(18)11(10)13/h9,14,17H,2-8H2,1H3. The molecule has 0 aliphatic rings. The number of rotatable bonds is 8. The first-order valence-corrected chi connectivity index (χ1v) is 6.68. The lowest BCUT2D eigenvalue weighted by Crippen LogP contribution is -2.25. The predicted octanol–water partition coefficient (Wildman–Crippen LogP) is 1.88. The van der Waals surface area contributed by atoms with Gasteiger partial charge in [-0.05, 0) is 6.42 Å². The number of nitrogens with zero attached hydrogens (tertiary/aromatic N) is 2. The smallest absolute Gasteiger partial charge is 0.287 e. The van der Waals surface area contributed by atoms with E-state index in [4.69, 9.17) is 16.7 Å². The Labute approximate surface area is 112 Å². The van der Waals surface area contributed by atoms with Gasteiger partial charge in [0, 0.05) is 6.54 Å². The van der Waals surface area contributed by atoms with Crippen LogP contribution in [0.2, 0.25) is 5.02 Å². The Morgan fingerprint density at radius 2 is 2.22 bits per heavy atom. The minimum absolute atomic E-state index is 0.132. The number of halogens is 1. The molecule has 0 aliphatic heterocycles.